The smallest absolute Gasteiger partial charge is 0.261 e. The molecule has 1 aliphatic rings. The molecule has 0 atom stereocenters. The fourth-order valence-electron chi connectivity index (χ4n) is 4.31. The lowest BCUT2D eigenvalue weighted by atomic mass is 10.0. The molecule has 0 unspecified atom stereocenters. The summed E-state index contributed by atoms with van der Waals surface area (Å²) in [7, 11) is 3.77. The minimum absolute atomic E-state index is 0.111. The zero-order valence-corrected chi connectivity index (χ0v) is 22.3. The molecule has 0 N–H and O–H groups in total. The topological polar surface area (TPSA) is 88.4 Å². The van der Waals surface area contributed by atoms with Crippen molar-refractivity contribution in [2.24, 2.45) is 0 Å². The van der Waals surface area contributed by atoms with Crippen LogP contribution in [0.2, 0.25) is 5.02 Å². The number of fused-ring (bicyclic) bond motifs is 1. The van der Waals surface area contributed by atoms with Crippen molar-refractivity contribution >= 4 is 45.1 Å². The Balaban J connectivity index is 1.62. The number of imide groups is 1. The number of aromatic nitrogens is 3. The molecule has 3 aromatic carbocycles. The average Bonchev–Trinajstić information content (AvgIpc) is 3.37. The highest BCUT2D eigenvalue weighted by molar-refractivity contribution is 9.10. The maximum Gasteiger partial charge on any atom is 0.261 e. The predicted molar refractivity (Wildman–Crippen MR) is 142 cm³/mol. The van der Waals surface area contributed by atoms with E-state index in [4.69, 9.17) is 11.6 Å². The van der Waals surface area contributed by atoms with Crippen molar-refractivity contribution in [1.29, 1.82) is 0 Å². The first-order valence-corrected chi connectivity index (χ1v) is 12.5. The molecule has 10 heteroatoms. The summed E-state index contributed by atoms with van der Waals surface area (Å²) in [6.45, 7) is 0.294. The Hall–Kier alpha value is -3.66. The van der Waals surface area contributed by atoms with E-state index in [9.17, 15) is 14.4 Å². The second kappa shape index (κ2) is 10.0. The van der Waals surface area contributed by atoms with Crippen molar-refractivity contribution in [2.45, 2.75) is 13.1 Å². The van der Waals surface area contributed by atoms with Gasteiger partial charge in [-0.25, -0.2) is 0 Å². The summed E-state index contributed by atoms with van der Waals surface area (Å²) in [6, 6.07) is 18.8. The highest BCUT2D eigenvalue weighted by Gasteiger charge is 2.36. The summed E-state index contributed by atoms with van der Waals surface area (Å²) in [5.74, 6) is -0.147. The number of hydrogen-bond acceptors (Lipinski definition) is 6. The van der Waals surface area contributed by atoms with Crippen molar-refractivity contribution < 1.29 is 14.4 Å². The molecule has 8 nitrogen and oxygen atoms in total. The first-order chi connectivity index (χ1) is 17.7. The fourth-order valence-corrected chi connectivity index (χ4v) is 4.89. The van der Waals surface area contributed by atoms with Gasteiger partial charge in [-0.15, -0.1) is 10.2 Å². The second-order valence-corrected chi connectivity index (χ2v) is 10.2. The molecular formula is C27H21BrClN5O3. The summed E-state index contributed by atoms with van der Waals surface area (Å²) < 4.78 is 2.50. The van der Waals surface area contributed by atoms with Crippen molar-refractivity contribution in [3.8, 4) is 5.69 Å². The summed E-state index contributed by atoms with van der Waals surface area (Å²) in [4.78, 5) is 42.8. The van der Waals surface area contributed by atoms with Crippen LogP contribution in [0.4, 0.5) is 0 Å². The van der Waals surface area contributed by atoms with Crippen LogP contribution in [0.3, 0.4) is 0 Å². The van der Waals surface area contributed by atoms with Crippen molar-refractivity contribution in [3.05, 3.63) is 110 Å². The molecule has 0 spiro atoms. The van der Waals surface area contributed by atoms with Gasteiger partial charge in [0, 0.05) is 20.6 Å². The zero-order valence-electron chi connectivity index (χ0n) is 20.0. The van der Waals surface area contributed by atoms with Crippen LogP contribution in [0.25, 0.3) is 5.69 Å². The number of carbonyl (C=O) groups is 3. The summed E-state index contributed by atoms with van der Waals surface area (Å²) in [5.41, 5.74) is 2.02. The van der Waals surface area contributed by atoms with Crippen LogP contribution < -0.4 is 0 Å². The number of rotatable bonds is 7. The molecule has 1 aromatic heterocycles. The Bertz CT molecular complexity index is 1530. The molecule has 4 aromatic rings. The molecule has 0 aliphatic carbocycles. The maximum atomic E-state index is 13.6. The number of ketones is 1. The van der Waals surface area contributed by atoms with Gasteiger partial charge >= 0.3 is 0 Å². The van der Waals surface area contributed by atoms with Crippen LogP contribution in [0.1, 0.15) is 48.3 Å². The van der Waals surface area contributed by atoms with Gasteiger partial charge in [0.25, 0.3) is 11.8 Å². The Morgan fingerprint density at radius 3 is 2.24 bits per heavy atom. The third-order valence-corrected chi connectivity index (χ3v) is 6.69. The number of amides is 2. The third kappa shape index (κ3) is 4.73. The molecule has 5 rings (SSSR count). The van der Waals surface area contributed by atoms with E-state index in [2.05, 4.69) is 26.1 Å². The van der Waals surface area contributed by atoms with E-state index in [-0.39, 0.29) is 12.3 Å². The highest BCUT2D eigenvalue weighted by atomic mass is 79.9. The van der Waals surface area contributed by atoms with Gasteiger partial charge in [0.1, 0.15) is 0 Å². The minimum atomic E-state index is -0.397. The minimum Gasteiger partial charge on any atom is -0.302 e. The number of benzene rings is 3. The summed E-state index contributed by atoms with van der Waals surface area (Å²) in [5, 5.41) is 9.09. The first kappa shape index (κ1) is 25.0. The van der Waals surface area contributed by atoms with Crippen LogP contribution in [-0.2, 0) is 13.1 Å². The van der Waals surface area contributed by atoms with Gasteiger partial charge in [-0.1, -0.05) is 51.8 Å². The molecule has 1 aliphatic heterocycles. The number of hydrogen-bond donors (Lipinski definition) is 0. The molecular weight excluding hydrogens is 558 g/mol. The Morgan fingerprint density at radius 2 is 1.59 bits per heavy atom. The molecule has 2 amide bonds. The Kier molecular flexibility index (Phi) is 6.76. The van der Waals surface area contributed by atoms with Crippen LogP contribution in [-0.4, -0.2) is 56.3 Å². The average molecular weight is 579 g/mol. The van der Waals surface area contributed by atoms with Gasteiger partial charge in [0.05, 0.1) is 29.9 Å². The molecule has 0 bridgehead atoms. The normalized spacial score (nSPS) is 12.9. The van der Waals surface area contributed by atoms with Gasteiger partial charge in [0.15, 0.2) is 17.4 Å². The largest absolute Gasteiger partial charge is 0.302 e. The highest BCUT2D eigenvalue weighted by Crippen LogP contribution is 2.29. The van der Waals surface area contributed by atoms with E-state index in [0.717, 1.165) is 9.37 Å². The van der Waals surface area contributed by atoms with E-state index >= 15 is 0 Å². The second-order valence-electron chi connectivity index (χ2n) is 8.85. The van der Waals surface area contributed by atoms with Gasteiger partial charge in [-0.05, 0) is 56.6 Å². The standard InChI is InChI=1S/C27H21BrClN5O3/c1-32(2)14-23-30-31-24(15-33-26(36)19-8-3-4-9-20(19)27(33)37)34(23)22-11-10-18(29)13-21(22)25(35)16-6-5-7-17(28)12-16/h3-13H,14-15H2,1-2H3. The summed E-state index contributed by atoms with van der Waals surface area (Å²) >= 11 is 9.74. The van der Waals surface area contributed by atoms with Crippen LogP contribution in [0.15, 0.2) is 71.2 Å². The van der Waals surface area contributed by atoms with Gasteiger partial charge in [0.2, 0.25) is 0 Å². The lowest BCUT2D eigenvalue weighted by molar-refractivity contribution is 0.0637. The van der Waals surface area contributed by atoms with Crippen molar-refractivity contribution in [1.82, 2.24) is 24.6 Å². The quantitative estimate of drug-likeness (QED) is 0.232. The van der Waals surface area contributed by atoms with E-state index in [1.165, 1.54) is 0 Å². The summed E-state index contributed by atoms with van der Waals surface area (Å²) in [6.07, 6.45) is 0. The van der Waals surface area contributed by atoms with E-state index in [1.54, 1.807) is 65.2 Å². The van der Waals surface area contributed by atoms with E-state index in [0.29, 0.717) is 51.2 Å². The lowest BCUT2D eigenvalue weighted by Crippen LogP contribution is -2.31. The molecule has 0 fully saturated rings. The SMILES string of the molecule is CN(C)Cc1nnc(CN2C(=O)c3ccccc3C2=O)n1-c1ccc(Cl)cc1C(=O)c1cccc(Br)c1. The fraction of sp³-hybridized carbons (Fsp3) is 0.148. The molecule has 0 saturated carbocycles. The monoisotopic (exact) mass is 577 g/mol. The number of carbonyl (C=O) groups excluding carboxylic acids is 3. The first-order valence-electron chi connectivity index (χ1n) is 11.4. The molecule has 0 saturated heterocycles. The molecule has 186 valence electrons. The maximum absolute atomic E-state index is 13.6. The van der Waals surface area contributed by atoms with Crippen molar-refractivity contribution in [3.63, 3.8) is 0 Å². The Morgan fingerprint density at radius 1 is 0.919 bits per heavy atom. The predicted octanol–water partition coefficient (Wildman–Crippen LogP) is 4.77. The number of halogens is 2. The van der Waals surface area contributed by atoms with Gasteiger partial charge in [-0.2, -0.15) is 0 Å². The van der Waals surface area contributed by atoms with E-state index in [1.807, 2.05) is 25.1 Å². The van der Waals surface area contributed by atoms with Gasteiger partial charge < -0.3 is 4.90 Å². The third-order valence-electron chi connectivity index (χ3n) is 5.96. The number of nitrogens with zero attached hydrogens (tertiary/aromatic N) is 5. The molecule has 0 radical (unpaired) electrons. The molecule has 37 heavy (non-hydrogen) atoms. The van der Waals surface area contributed by atoms with Crippen molar-refractivity contribution in [2.75, 3.05) is 14.1 Å². The molecule has 2 heterocycles. The van der Waals surface area contributed by atoms with Gasteiger partial charge in [-0.3, -0.25) is 23.9 Å². The Labute approximate surface area is 226 Å². The van der Waals surface area contributed by atoms with Crippen LogP contribution in [0, 0.1) is 0 Å². The van der Waals surface area contributed by atoms with Crippen LogP contribution >= 0.6 is 27.5 Å². The lowest BCUT2D eigenvalue weighted by Gasteiger charge is -2.19. The van der Waals surface area contributed by atoms with E-state index < -0.39 is 11.8 Å². The van der Waals surface area contributed by atoms with Crippen LogP contribution in [0.5, 0.6) is 0 Å². The zero-order chi connectivity index (χ0) is 26.3.